The molecule has 1 aliphatic rings. The normalized spacial score (nSPS) is 17.0. The van der Waals surface area contributed by atoms with Crippen molar-refractivity contribution in [2.45, 2.75) is 25.3 Å². The second-order valence-electron chi connectivity index (χ2n) is 6.22. The zero-order chi connectivity index (χ0) is 15.2. The molecule has 0 aliphatic carbocycles. The van der Waals surface area contributed by atoms with Gasteiger partial charge in [0.1, 0.15) is 0 Å². The molecule has 116 valence electrons. The molecule has 0 bridgehead atoms. The molecule has 2 aromatic carbocycles. The maximum Gasteiger partial charge on any atom is 0.0601 e. The van der Waals surface area contributed by atoms with Crippen LogP contribution in [0.25, 0.3) is 0 Å². The number of nitrogens with zero attached hydrogens (tertiary/aromatic N) is 1. The Balaban J connectivity index is 1.81. The summed E-state index contributed by atoms with van der Waals surface area (Å²) in [6.45, 7) is 2.55. The minimum absolute atomic E-state index is 0.325. The average molecular weight is 295 g/mol. The Hall–Kier alpha value is -1.64. The first-order valence-corrected chi connectivity index (χ1v) is 8.33. The van der Waals surface area contributed by atoms with Gasteiger partial charge in [0, 0.05) is 6.61 Å². The van der Waals surface area contributed by atoms with Crippen LogP contribution in [-0.4, -0.2) is 29.7 Å². The molecule has 0 radical (unpaired) electrons. The molecule has 1 aliphatic heterocycles. The van der Waals surface area contributed by atoms with Crippen molar-refractivity contribution >= 4 is 0 Å². The number of rotatable bonds is 5. The third-order valence-electron chi connectivity index (χ3n) is 4.78. The van der Waals surface area contributed by atoms with Gasteiger partial charge in [-0.25, -0.2) is 0 Å². The predicted octanol–water partition coefficient (Wildman–Crippen LogP) is 3.87. The van der Waals surface area contributed by atoms with Crippen molar-refractivity contribution < 1.29 is 5.11 Å². The van der Waals surface area contributed by atoms with Gasteiger partial charge in [0.2, 0.25) is 0 Å². The van der Waals surface area contributed by atoms with E-state index in [1.807, 2.05) is 0 Å². The lowest BCUT2D eigenvalue weighted by Crippen LogP contribution is -2.37. The van der Waals surface area contributed by atoms with E-state index in [9.17, 15) is 0 Å². The van der Waals surface area contributed by atoms with E-state index < -0.39 is 0 Å². The Morgan fingerprint density at radius 1 is 0.864 bits per heavy atom. The molecule has 3 rings (SSSR count). The number of likely N-dealkylation sites (tertiary alicyclic amines) is 1. The smallest absolute Gasteiger partial charge is 0.0601 e. The van der Waals surface area contributed by atoms with E-state index in [1.54, 1.807) is 0 Å². The number of aliphatic hydroxyl groups excluding tert-OH is 1. The third-order valence-corrected chi connectivity index (χ3v) is 4.78. The number of piperidine rings is 1. The van der Waals surface area contributed by atoms with E-state index in [-0.39, 0.29) is 0 Å². The molecule has 2 aromatic rings. The Bertz CT molecular complexity index is 507. The summed E-state index contributed by atoms with van der Waals surface area (Å²) < 4.78 is 0. The molecular weight excluding hydrogens is 270 g/mol. The number of hydrogen-bond donors (Lipinski definition) is 1. The monoisotopic (exact) mass is 295 g/mol. The standard InChI is InChI=1S/C20H25NO/c22-16-13-17-11-14-21(15-12-17)20(18-7-3-1-4-8-18)19-9-5-2-6-10-19/h1-10,17,20,22H,11-16H2. The van der Waals surface area contributed by atoms with Crippen molar-refractivity contribution in [2.24, 2.45) is 5.92 Å². The largest absolute Gasteiger partial charge is 0.396 e. The Kier molecular flexibility index (Phi) is 5.25. The fourth-order valence-electron chi connectivity index (χ4n) is 3.57. The van der Waals surface area contributed by atoms with Crippen LogP contribution in [0.2, 0.25) is 0 Å². The maximum atomic E-state index is 9.14. The molecule has 1 saturated heterocycles. The summed E-state index contributed by atoms with van der Waals surface area (Å²) in [5.74, 6) is 0.688. The summed E-state index contributed by atoms with van der Waals surface area (Å²) in [5, 5.41) is 9.14. The number of aliphatic hydroxyl groups is 1. The highest BCUT2D eigenvalue weighted by Gasteiger charge is 2.26. The SMILES string of the molecule is OCCC1CCN(C(c2ccccc2)c2ccccc2)CC1. The summed E-state index contributed by atoms with van der Waals surface area (Å²) in [6.07, 6.45) is 3.34. The highest BCUT2D eigenvalue weighted by molar-refractivity contribution is 5.31. The predicted molar refractivity (Wildman–Crippen MR) is 90.7 cm³/mol. The number of benzene rings is 2. The van der Waals surface area contributed by atoms with E-state index in [1.165, 1.54) is 24.0 Å². The van der Waals surface area contributed by atoms with Crippen molar-refractivity contribution in [1.82, 2.24) is 4.90 Å². The van der Waals surface area contributed by atoms with Gasteiger partial charge < -0.3 is 5.11 Å². The third kappa shape index (κ3) is 3.57. The van der Waals surface area contributed by atoms with Crippen LogP contribution in [0.3, 0.4) is 0 Å². The van der Waals surface area contributed by atoms with Crippen LogP contribution in [0.1, 0.15) is 36.4 Å². The maximum absolute atomic E-state index is 9.14. The van der Waals surface area contributed by atoms with Gasteiger partial charge in [-0.05, 0) is 49.4 Å². The lowest BCUT2D eigenvalue weighted by atomic mass is 9.90. The van der Waals surface area contributed by atoms with Crippen molar-refractivity contribution in [1.29, 1.82) is 0 Å². The van der Waals surface area contributed by atoms with E-state index in [0.717, 1.165) is 19.5 Å². The Labute approximate surface area is 133 Å². The molecule has 0 atom stereocenters. The molecule has 22 heavy (non-hydrogen) atoms. The van der Waals surface area contributed by atoms with Crippen LogP contribution in [-0.2, 0) is 0 Å². The van der Waals surface area contributed by atoms with Gasteiger partial charge in [0.05, 0.1) is 6.04 Å². The molecule has 1 heterocycles. The van der Waals surface area contributed by atoms with Gasteiger partial charge in [-0.2, -0.15) is 0 Å². The van der Waals surface area contributed by atoms with Crippen LogP contribution in [0, 0.1) is 5.92 Å². The van der Waals surface area contributed by atoms with Crippen LogP contribution >= 0.6 is 0 Å². The summed E-state index contributed by atoms with van der Waals surface area (Å²) >= 11 is 0. The minimum atomic E-state index is 0.325. The summed E-state index contributed by atoms with van der Waals surface area (Å²) in [5.41, 5.74) is 2.74. The van der Waals surface area contributed by atoms with E-state index in [2.05, 4.69) is 65.6 Å². The topological polar surface area (TPSA) is 23.5 Å². The molecule has 0 saturated carbocycles. The first-order valence-electron chi connectivity index (χ1n) is 8.33. The van der Waals surface area contributed by atoms with Crippen LogP contribution < -0.4 is 0 Å². The molecule has 1 N–H and O–H groups in total. The quantitative estimate of drug-likeness (QED) is 0.905. The van der Waals surface area contributed by atoms with E-state index in [0.29, 0.717) is 18.6 Å². The summed E-state index contributed by atoms with van der Waals surface area (Å²) in [4.78, 5) is 2.60. The lowest BCUT2D eigenvalue weighted by molar-refractivity contribution is 0.134. The molecule has 0 unspecified atom stereocenters. The average Bonchev–Trinajstić information content (AvgIpc) is 2.59. The molecule has 0 spiro atoms. The van der Waals surface area contributed by atoms with Crippen molar-refractivity contribution in [3.63, 3.8) is 0 Å². The lowest BCUT2D eigenvalue weighted by Gasteiger charge is -2.38. The Morgan fingerprint density at radius 2 is 1.36 bits per heavy atom. The van der Waals surface area contributed by atoms with Gasteiger partial charge in [0.15, 0.2) is 0 Å². The van der Waals surface area contributed by atoms with Gasteiger partial charge in [-0.3, -0.25) is 4.90 Å². The fourth-order valence-corrected chi connectivity index (χ4v) is 3.57. The molecule has 0 amide bonds. The highest BCUT2D eigenvalue weighted by atomic mass is 16.3. The van der Waals surface area contributed by atoms with Gasteiger partial charge in [-0.15, -0.1) is 0 Å². The first-order chi connectivity index (χ1) is 10.9. The molecule has 2 nitrogen and oxygen atoms in total. The second kappa shape index (κ2) is 7.57. The second-order valence-corrected chi connectivity index (χ2v) is 6.22. The molecule has 1 fully saturated rings. The zero-order valence-electron chi connectivity index (χ0n) is 13.1. The van der Waals surface area contributed by atoms with E-state index in [4.69, 9.17) is 5.11 Å². The van der Waals surface area contributed by atoms with Gasteiger partial charge >= 0.3 is 0 Å². The first kappa shape index (κ1) is 15.3. The van der Waals surface area contributed by atoms with Crippen molar-refractivity contribution in [3.05, 3.63) is 71.8 Å². The Morgan fingerprint density at radius 3 is 1.82 bits per heavy atom. The summed E-state index contributed by atoms with van der Waals surface area (Å²) in [6, 6.07) is 22.0. The fraction of sp³-hybridized carbons (Fsp3) is 0.400. The van der Waals surface area contributed by atoms with Crippen molar-refractivity contribution in [3.8, 4) is 0 Å². The number of hydrogen-bond acceptors (Lipinski definition) is 2. The van der Waals surface area contributed by atoms with Gasteiger partial charge in [-0.1, -0.05) is 60.7 Å². The highest BCUT2D eigenvalue weighted by Crippen LogP contribution is 2.32. The minimum Gasteiger partial charge on any atom is -0.396 e. The van der Waals surface area contributed by atoms with Crippen LogP contribution in [0.15, 0.2) is 60.7 Å². The van der Waals surface area contributed by atoms with E-state index >= 15 is 0 Å². The van der Waals surface area contributed by atoms with Crippen LogP contribution in [0.5, 0.6) is 0 Å². The van der Waals surface area contributed by atoms with Crippen molar-refractivity contribution in [2.75, 3.05) is 19.7 Å². The molecule has 2 heteroatoms. The zero-order valence-corrected chi connectivity index (χ0v) is 13.1. The molecular formula is C20H25NO. The van der Waals surface area contributed by atoms with Gasteiger partial charge in [0.25, 0.3) is 0 Å². The molecule has 0 aromatic heterocycles. The van der Waals surface area contributed by atoms with Crippen LogP contribution in [0.4, 0.5) is 0 Å². The summed E-state index contributed by atoms with van der Waals surface area (Å²) in [7, 11) is 0.